The number of carbonyl (C=O) groups excluding carboxylic acids is 2. The first-order valence-electron chi connectivity index (χ1n) is 19.8. The Morgan fingerprint density at radius 1 is 0.683 bits per heavy atom. The van der Waals surface area contributed by atoms with Crippen LogP contribution in [0, 0.1) is 17.8 Å². The molecule has 60 heavy (non-hydrogen) atoms. The number of oxazole rings is 1. The van der Waals surface area contributed by atoms with Crippen LogP contribution in [0.1, 0.15) is 36.9 Å². The number of amides is 2. The maximum Gasteiger partial charge on any atom is 0.249 e. The van der Waals surface area contributed by atoms with Crippen LogP contribution in [0.2, 0.25) is 0 Å². The summed E-state index contributed by atoms with van der Waals surface area (Å²) in [5.74, 6) is 1.09. The zero-order valence-corrected chi connectivity index (χ0v) is 32.4. The van der Waals surface area contributed by atoms with Crippen molar-refractivity contribution in [2.45, 2.75) is 39.2 Å². The molecule has 2 saturated carbocycles. The van der Waals surface area contributed by atoms with Gasteiger partial charge in [-0.25, -0.2) is 14.0 Å². The monoisotopic (exact) mass is 792 g/mol. The first-order chi connectivity index (χ1) is 29.3. The topological polar surface area (TPSA) is 167 Å². The maximum absolute atomic E-state index is 14.1. The van der Waals surface area contributed by atoms with Crippen LogP contribution in [-0.4, -0.2) is 51.0 Å². The van der Waals surface area contributed by atoms with Gasteiger partial charge in [0, 0.05) is 46.5 Å². The van der Waals surface area contributed by atoms with Gasteiger partial charge in [-0.15, -0.1) is 10.2 Å². The van der Waals surface area contributed by atoms with Crippen molar-refractivity contribution in [2.24, 2.45) is 10.8 Å². The van der Waals surface area contributed by atoms with Gasteiger partial charge in [-0.3, -0.25) is 25.2 Å². The fraction of sp³-hybridized carbons (Fsp3) is 0.174. The molecule has 294 valence electrons. The van der Waals surface area contributed by atoms with Gasteiger partial charge >= 0.3 is 0 Å². The number of fused-ring (bicyclic) bond motifs is 3. The van der Waals surface area contributed by atoms with Gasteiger partial charge in [-0.05, 0) is 110 Å². The number of anilines is 2. The summed E-state index contributed by atoms with van der Waals surface area (Å²) in [6.07, 6.45) is 7.72. The molecule has 14 heteroatoms. The number of nitrogens with one attached hydrogen (secondary N) is 2. The van der Waals surface area contributed by atoms with Crippen molar-refractivity contribution in [3.05, 3.63) is 139 Å². The number of hydrogen-bond acceptors (Lipinski definition) is 10. The first kappa shape index (κ1) is 35.4. The van der Waals surface area contributed by atoms with Crippen molar-refractivity contribution in [1.82, 2.24) is 39.2 Å². The number of hydrogen-bond donors (Lipinski definition) is 2. The molecule has 0 unspecified atom stereocenters. The fourth-order valence-corrected chi connectivity index (χ4v) is 8.19. The number of nitrogens with zero attached hydrogens (tertiary/aromatic N) is 8. The highest BCUT2D eigenvalue weighted by Gasteiger charge is 2.73. The van der Waals surface area contributed by atoms with Gasteiger partial charge < -0.3 is 9.15 Å². The number of rotatable bonds is 11. The van der Waals surface area contributed by atoms with E-state index in [2.05, 4.69) is 25.8 Å². The molecule has 14 nitrogen and oxygen atoms in total. The van der Waals surface area contributed by atoms with E-state index in [1.165, 1.54) is 0 Å². The summed E-state index contributed by atoms with van der Waals surface area (Å²) in [5.41, 5.74) is 7.10. The smallest absolute Gasteiger partial charge is 0.249 e. The minimum Gasteiger partial charge on any atom is -0.489 e. The third-order valence-corrected chi connectivity index (χ3v) is 11.7. The first-order valence-corrected chi connectivity index (χ1v) is 19.8. The third kappa shape index (κ3) is 6.11. The molecular formula is C46H36N10O4. The van der Waals surface area contributed by atoms with Crippen LogP contribution in [0.25, 0.3) is 56.1 Å². The van der Waals surface area contributed by atoms with Gasteiger partial charge in [0.25, 0.3) is 0 Å². The number of pyridine rings is 3. The standard InChI is InChI=1S/C46H36N10O4/c1-28-11-12-29(26-47-28)27-59-33-16-13-30(14-17-33)34-9-5-23-55-38(34)49-43(53-55)51-41(57)45(19-20-45)46(21-22-46)42(58)52-44-50-39-35(10-6-24-56(39)54-44)32-15-18-37-36(25-32)48-40(60-37)31-7-3-2-4-8-31/h2-18,23-26H,19-22,27H2,1H3,(H,51,53,57)(H,52,54,58). The molecule has 0 spiro atoms. The molecule has 2 aliphatic carbocycles. The lowest BCUT2D eigenvalue weighted by Gasteiger charge is -2.23. The van der Waals surface area contributed by atoms with E-state index in [9.17, 15) is 9.59 Å². The third-order valence-electron chi connectivity index (χ3n) is 11.7. The molecule has 6 aromatic heterocycles. The second-order valence-corrected chi connectivity index (χ2v) is 15.5. The van der Waals surface area contributed by atoms with E-state index < -0.39 is 10.8 Å². The Morgan fingerprint density at radius 3 is 1.90 bits per heavy atom. The van der Waals surface area contributed by atoms with E-state index >= 15 is 0 Å². The Morgan fingerprint density at radius 2 is 1.30 bits per heavy atom. The molecule has 0 bridgehead atoms. The predicted octanol–water partition coefficient (Wildman–Crippen LogP) is 8.33. The number of ether oxygens (including phenoxy) is 1. The van der Waals surface area contributed by atoms with Gasteiger partial charge in [0.05, 0.1) is 10.8 Å². The van der Waals surface area contributed by atoms with E-state index in [1.807, 2.05) is 122 Å². The lowest BCUT2D eigenvalue weighted by atomic mass is 9.83. The van der Waals surface area contributed by atoms with Crippen LogP contribution >= 0.6 is 0 Å². The van der Waals surface area contributed by atoms with Crippen molar-refractivity contribution in [3.8, 4) is 39.5 Å². The van der Waals surface area contributed by atoms with Crippen LogP contribution in [0.5, 0.6) is 5.75 Å². The van der Waals surface area contributed by atoms with Crippen LogP contribution in [0.3, 0.4) is 0 Å². The molecule has 6 heterocycles. The Bertz CT molecular complexity index is 3110. The van der Waals surface area contributed by atoms with E-state index in [-0.39, 0.29) is 23.7 Å². The lowest BCUT2D eigenvalue weighted by Crippen LogP contribution is -2.40. The van der Waals surface area contributed by atoms with Crippen LogP contribution in [0.4, 0.5) is 11.9 Å². The molecular weight excluding hydrogens is 757 g/mol. The van der Waals surface area contributed by atoms with Crippen molar-refractivity contribution in [1.29, 1.82) is 0 Å². The molecule has 2 fully saturated rings. The average Bonchev–Trinajstić information content (AvgIpc) is 4.13. The van der Waals surface area contributed by atoms with Gasteiger partial charge in [0.15, 0.2) is 16.9 Å². The van der Waals surface area contributed by atoms with E-state index in [1.54, 1.807) is 21.4 Å². The van der Waals surface area contributed by atoms with Crippen molar-refractivity contribution >= 4 is 46.1 Å². The quantitative estimate of drug-likeness (QED) is 0.130. The summed E-state index contributed by atoms with van der Waals surface area (Å²) >= 11 is 0. The normalized spacial score (nSPS) is 14.9. The van der Waals surface area contributed by atoms with Crippen LogP contribution in [-0.2, 0) is 16.2 Å². The summed E-state index contributed by atoms with van der Waals surface area (Å²) in [6.45, 7) is 2.37. The van der Waals surface area contributed by atoms with Crippen molar-refractivity contribution in [2.75, 3.05) is 10.6 Å². The lowest BCUT2D eigenvalue weighted by molar-refractivity contribution is -0.132. The Kier molecular flexibility index (Phi) is 8.08. The number of aryl methyl sites for hydroxylation is 1. The number of benzene rings is 3. The molecule has 2 N–H and O–H groups in total. The Balaban J connectivity index is 0.790. The average molecular weight is 793 g/mol. The van der Waals surface area contributed by atoms with Crippen LogP contribution in [0.15, 0.2) is 132 Å². The van der Waals surface area contributed by atoms with Gasteiger partial charge in [0.2, 0.25) is 29.6 Å². The Labute approximate surface area is 342 Å². The van der Waals surface area contributed by atoms with Gasteiger partial charge in [-0.2, -0.15) is 9.97 Å². The molecule has 2 aliphatic rings. The minimum atomic E-state index is -0.879. The highest BCUT2D eigenvalue weighted by Crippen LogP contribution is 2.71. The SMILES string of the molecule is Cc1ccc(COc2ccc(-c3cccn4nc(NC(=O)C5(C6(C(=O)Nc7nc8c(-c9ccc%10oc(-c%11ccccc%11)nc%10c9)cccn8n7)CC6)CC5)nc34)cc2)cn1. The zero-order valence-electron chi connectivity index (χ0n) is 32.4. The summed E-state index contributed by atoms with van der Waals surface area (Å²) in [6, 6.07) is 35.0. The minimum absolute atomic E-state index is 0.168. The summed E-state index contributed by atoms with van der Waals surface area (Å²) in [4.78, 5) is 46.7. The highest BCUT2D eigenvalue weighted by molar-refractivity contribution is 6.06. The zero-order chi connectivity index (χ0) is 40.4. The second kappa shape index (κ2) is 13.7. The van der Waals surface area contributed by atoms with E-state index in [4.69, 9.17) is 24.1 Å². The van der Waals surface area contributed by atoms with E-state index in [0.29, 0.717) is 60.6 Å². The largest absolute Gasteiger partial charge is 0.489 e. The maximum atomic E-state index is 14.1. The molecule has 2 amide bonds. The summed E-state index contributed by atoms with van der Waals surface area (Å²) in [7, 11) is 0. The molecule has 0 saturated heterocycles. The summed E-state index contributed by atoms with van der Waals surface area (Å²) in [5, 5.41) is 15.1. The highest BCUT2D eigenvalue weighted by atomic mass is 16.5. The Hall–Kier alpha value is -7.74. The molecule has 0 radical (unpaired) electrons. The van der Waals surface area contributed by atoms with Crippen LogP contribution < -0.4 is 15.4 Å². The molecule has 11 rings (SSSR count). The number of carbonyl (C=O) groups is 2. The molecule has 0 aliphatic heterocycles. The van der Waals surface area contributed by atoms with Crippen molar-refractivity contribution < 1.29 is 18.7 Å². The number of aromatic nitrogens is 8. The molecule has 0 atom stereocenters. The molecule has 9 aromatic rings. The van der Waals surface area contributed by atoms with Crippen molar-refractivity contribution in [3.63, 3.8) is 0 Å². The van der Waals surface area contributed by atoms with Gasteiger partial charge in [0.1, 0.15) is 17.9 Å². The van der Waals surface area contributed by atoms with Gasteiger partial charge in [-0.1, -0.05) is 42.5 Å². The predicted molar refractivity (Wildman–Crippen MR) is 224 cm³/mol. The van der Waals surface area contributed by atoms with E-state index in [0.717, 1.165) is 44.8 Å². The second-order valence-electron chi connectivity index (χ2n) is 15.5. The summed E-state index contributed by atoms with van der Waals surface area (Å²) < 4.78 is 15.3. The molecule has 3 aromatic carbocycles. The fourth-order valence-electron chi connectivity index (χ4n) is 8.19.